The highest BCUT2D eigenvalue weighted by Crippen LogP contribution is 2.27. The second-order valence-corrected chi connectivity index (χ2v) is 7.82. The lowest BCUT2D eigenvalue weighted by atomic mass is 10.0. The molecule has 0 saturated carbocycles. The number of hydrogen-bond donors (Lipinski definition) is 2. The van der Waals surface area contributed by atoms with Crippen molar-refractivity contribution in [3.8, 4) is 5.75 Å². The predicted octanol–water partition coefficient (Wildman–Crippen LogP) is 1.90. The molecule has 0 aliphatic carbocycles. The Morgan fingerprint density at radius 2 is 2.00 bits per heavy atom. The molecule has 0 spiro atoms. The van der Waals surface area contributed by atoms with Gasteiger partial charge in [-0.05, 0) is 24.0 Å². The number of hydrogen-bond acceptors (Lipinski definition) is 4. The molecule has 1 aromatic rings. The van der Waals surface area contributed by atoms with Crippen molar-refractivity contribution < 1.29 is 9.47 Å². The summed E-state index contributed by atoms with van der Waals surface area (Å²) in [7, 11) is 1.83. The van der Waals surface area contributed by atoms with Crippen molar-refractivity contribution in [1.82, 2.24) is 15.5 Å². The van der Waals surface area contributed by atoms with Crippen LogP contribution in [-0.4, -0.2) is 69.4 Å². The first kappa shape index (κ1) is 20.0. The van der Waals surface area contributed by atoms with Crippen LogP contribution >= 0.6 is 0 Å². The van der Waals surface area contributed by atoms with Crippen molar-refractivity contribution in [2.45, 2.75) is 38.8 Å². The van der Waals surface area contributed by atoms with Crippen molar-refractivity contribution in [3.63, 3.8) is 0 Å². The number of nitrogens with zero attached hydrogens (tertiary/aromatic N) is 2. The number of ether oxygens (including phenoxy) is 2. The van der Waals surface area contributed by atoms with Crippen molar-refractivity contribution in [3.05, 3.63) is 29.8 Å². The van der Waals surface area contributed by atoms with Crippen LogP contribution in [0.1, 0.15) is 25.8 Å². The van der Waals surface area contributed by atoms with Gasteiger partial charge in [-0.3, -0.25) is 9.89 Å². The number of aliphatic imine (C=N–C) groups is 1. The van der Waals surface area contributed by atoms with Crippen molar-refractivity contribution >= 4 is 5.96 Å². The van der Waals surface area contributed by atoms with E-state index in [1.807, 2.05) is 19.2 Å². The van der Waals surface area contributed by atoms with Crippen molar-refractivity contribution in [2.75, 3.05) is 46.4 Å². The van der Waals surface area contributed by atoms with Gasteiger partial charge in [-0.25, -0.2) is 0 Å². The molecular weight excluding hydrogens is 340 g/mol. The Morgan fingerprint density at radius 1 is 1.22 bits per heavy atom. The van der Waals surface area contributed by atoms with Gasteiger partial charge < -0.3 is 20.1 Å². The van der Waals surface area contributed by atoms with Crippen LogP contribution in [0.15, 0.2) is 29.3 Å². The van der Waals surface area contributed by atoms with Gasteiger partial charge in [0.05, 0.1) is 19.8 Å². The van der Waals surface area contributed by atoms with Crippen molar-refractivity contribution in [1.29, 1.82) is 0 Å². The van der Waals surface area contributed by atoms with Crippen LogP contribution in [0.2, 0.25) is 0 Å². The Morgan fingerprint density at radius 3 is 2.70 bits per heavy atom. The molecular formula is C21H34N4O2. The van der Waals surface area contributed by atoms with E-state index in [-0.39, 0.29) is 6.10 Å². The molecule has 6 nitrogen and oxygen atoms in total. The summed E-state index contributed by atoms with van der Waals surface area (Å²) in [6, 6.07) is 8.77. The maximum atomic E-state index is 6.01. The Kier molecular flexibility index (Phi) is 7.35. The number of guanidine groups is 1. The number of benzene rings is 1. The van der Waals surface area contributed by atoms with Crippen LogP contribution in [0, 0.1) is 5.92 Å². The van der Waals surface area contributed by atoms with E-state index < -0.39 is 0 Å². The second kappa shape index (κ2) is 9.95. The molecule has 2 aliphatic rings. The highest BCUT2D eigenvalue weighted by molar-refractivity contribution is 5.79. The molecule has 0 radical (unpaired) electrons. The third kappa shape index (κ3) is 5.84. The minimum atomic E-state index is 0.159. The maximum absolute atomic E-state index is 6.01. The third-order valence-electron chi connectivity index (χ3n) is 5.25. The minimum absolute atomic E-state index is 0.159. The summed E-state index contributed by atoms with van der Waals surface area (Å²) in [4.78, 5) is 6.93. The Hall–Kier alpha value is -1.79. The van der Waals surface area contributed by atoms with E-state index in [0.29, 0.717) is 12.0 Å². The summed E-state index contributed by atoms with van der Waals surface area (Å²) in [5.74, 6) is 2.52. The summed E-state index contributed by atoms with van der Waals surface area (Å²) in [5, 5.41) is 6.95. The zero-order valence-electron chi connectivity index (χ0n) is 16.9. The molecule has 1 aromatic carbocycles. The van der Waals surface area contributed by atoms with E-state index in [4.69, 9.17) is 9.47 Å². The minimum Gasteiger partial charge on any atom is -0.488 e. The first-order valence-electron chi connectivity index (χ1n) is 10.2. The summed E-state index contributed by atoms with van der Waals surface area (Å²) >= 11 is 0. The van der Waals surface area contributed by atoms with Crippen LogP contribution in [0.4, 0.5) is 0 Å². The number of fused-ring (bicyclic) bond motifs is 1. The molecule has 3 rings (SSSR count). The van der Waals surface area contributed by atoms with Crippen LogP contribution < -0.4 is 15.4 Å². The highest BCUT2D eigenvalue weighted by Gasteiger charge is 2.24. The fraction of sp³-hybridized carbons (Fsp3) is 0.667. The topological polar surface area (TPSA) is 58.1 Å². The average Bonchev–Trinajstić information content (AvgIpc) is 3.10. The Labute approximate surface area is 163 Å². The smallest absolute Gasteiger partial charge is 0.191 e. The number of rotatable bonds is 7. The SMILES string of the molecule is CN=C(NCC1Cc2ccccc2O1)NCC(CC(C)C)N1CCOCC1. The van der Waals surface area contributed by atoms with Gasteiger partial charge in [0.15, 0.2) is 5.96 Å². The molecule has 2 N–H and O–H groups in total. The van der Waals surface area contributed by atoms with E-state index in [0.717, 1.165) is 57.5 Å². The van der Waals surface area contributed by atoms with E-state index >= 15 is 0 Å². The molecule has 2 heterocycles. The number of para-hydroxylation sites is 1. The van der Waals surface area contributed by atoms with E-state index in [1.165, 1.54) is 12.0 Å². The Balaban J connectivity index is 1.46. The van der Waals surface area contributed by atoms with Crippen molar-refractivity contribution in [2.24, 2.45) is 10.9 Å². The lowest BCUT2D eigenvalue weighted by Gasteiger charge is -2.35. The Bertz CT molecular complexity index is 589. The molecule has 2 unspecified atom stereocenters. The molecule has 0 bridgehead atoms. The quantitative estimate of drug-likeness (QED) is 0.564. The van der Waals surface area contributed by atoms with E-state index in [1.54, 1.807) is 0 Å². The monoisotopic (exact) mass is 374 g/mol. The van der Waals surface area contributed by atoms with Gasteiger partial charge in [-0.1, -0.05) is 32.0 Å². The summed E-state index contributed by atoms with van der Waals surface area (Å²) < 4.78 is 11.5. The number of morpholine rings is 1. The standard InChI is InChI=1S/C21H34N4O2/c1-16(2)12-18(25-8-10-26-11-9-25)14-23-21(22-3)24-15-19-13-17-6-4-5-7-20(17)27-19/h4-7,16,18-19H,8-15H2,1-3H3,(H2,22,23,24). The van der Waals surface area contributed by atoms with Gasteiger partial charge in [0.1, 0.15) is 11.9 Å². The first-order chi connectivity index (χ1) is 13.2. The molecule has 1 saturated heterocycles. The zero-order chi connectivity index (χ0) is 19.1. The summed E-state index contributed by atoms with van der Waals surface area (Å²) in [6.45, 7) is 9.91. The molecule has 150 valence electrons. The maximum Gasteiger partial charge on any atom is 0.191 e. The van der Waals surface area contributed by atoms with Gasteiger partial charge in [-0.2, -0.15) is 0 Å². The van der Waals surface area contributed by atoms with Crippen LogP contribution in [0.3, 0.4) is 0 Å². The third-order valence-corrected chi connectivity index (χ3v) is 5.25. The van der Waals surface area contributed by atoms with Gasteiger partial charge in [0.2, 0.25) is 0 Å². The number of nitrogens with one attached hydrogen (secondary N) is 2. The molecule has 1 fully saturated rings. The lowest BCUT2D eigenvalue weighted by molar-refractivity contribution is 0.0132. The van der Waals surface area contributed by atoms with Gasteiger partial charge in [-0.15, -0.1) is 0 Å². The van der Waals surface area contributed by atoms with Gasteiger partial charge in [0.25, 0.3) is 0 Å². The van der Waals surface area contributed by atoms with E-state index in [2.05, 4.69) is 46.5 Å². The average molecular weight is 375 g/mol. The molecule has 0 amide bonds. The fourth-order valence-electron chi connectivity index (χ4n) is 3.86. The van der Waals surface area contributed by atoms with Gasteiger partial charge in [0, 0.05) is 39.1 Å². The normalized spacial score (nSPS) is 21.6. The molecule has 6 heteroatoms. The first-order valence-corrected chi connectivity index (χ1v) is 10.2. The lowest BCUT2D eigenvalue weighted by Crippen LogP contribution is -2.51. The molecule has 27 heavy (non-hydrogen) atoms. The summed E-state index contributed by atoms with van der Waals surface area (Å²) in [5.41, 5.74) is 1.29. The van der Waals surface area contributed by atoms with Crippen LogP contribution in [0.25, 0.3) is 0 Å². The molecule has 0 aromatic heterocycles. The predicted molar refractivity (Wildman–Crippen MR) is 110 cm³/mol. The summed E-state index contributed by atoms with van der Waals surface area (Å²) in [6.07, 6.45) is 2.28. The van der Waals surface area contributed by atoms with Crippen LogP contribution in [-0.2, 0) is 11.2 Å². The highest BCUT2D eigenvalue weighted by atomic mass is 16.5. The van der Waals surface area contributed by atoms with E-state index in [9.17, 15) is 0 Å². The molecule has 2 atom stereocenters. The largest absolute Gasteiger partial charge is 0.488 e. The fourth-order valence-corrected chi connectivity index (χ4v) is 3.86. The molecule has 2 aliphatic heterocycles. The zero-order valence-corrected chi connectivity index (χ0v) is 16.9. The van der Waals surface area contributed by atoms with Gasteiger partial charge >= 0.3 is 0 Å². The second-order valence-electron chi connectivity index (χ2n) is 7.82. The van der Waals surface area contributed by atoms with Crippen LogP contribution in [0.5, 0.6) is 5.75 Å².